The topological polar surface area (TPSA) is 41.1 Å². The minimum absolute atomic E-state index is 0.153. The van der Waals surface area contributed by atoms with Crippen LogP contribution in [0.1, 0.15) is 32.6 Å². The highest BCUT2D eigenvalue weighted by molar-refractivity contribution is 5.75. The molecule has 1 rings (SSSR count). The minimum atomic E-state index is 0.153. The quantitative estimate of drug-likeness (QED) is 0.684. The maximum absolute atomic E-state index is 11.1. The maximum Gasteiger partial charge on any atom is 0.220 e. The molecule has 1 aliphatic heterocycles. The first kappa shape index (κ1) is 10.5. The second-order valence-electron chi connectivity index (χ2n) is 3.91. The van der Waals surface area contributed by atoms with Crippen molar-refractivity contribution >= 4 is 5.91 Å². The molecule has 0 aromatic heterocycles. The van der Waals surface area contributed by atoms with Crippen LogP contribution in [0.25, 0.3) is 0 Å². The largest absolute Gasteiger partial charge is 0.359 e. The van der Waals surface area contributed by atoms with Gasteiger partial charge < -0.3 is 10.6 Å². The molecule has 1 aliphatic rings. The van der Waals surface area contributed by atoms with Crippen molar-refractivity contribution in [3.8, 4) is 0 Å². The number of amides is 1. The van der Waals surface area contributed by atoms with E-state index in [4.69, 9.17) is 0 Å². The van der Waals surface area contributed by atoms with Crippen molar-refractivity contribution in [2.45, 2.75) is 38.6 Å². The van der Waals surface area contributed by atoms with Crippen molar-refractivity contribution < 1.29 is 4.79 Å². The summed E-state index contributed by atoms with van der Waals surface area (Å²) in [6.45, 7) is 3.26. The van der Waals surface area contributed by atoms with Gasteiger partial charge in [0.05, 0.1) is 0 Å². The molecule has 76 valence electrons. The Labute approximate surface area is 80.3 Å². The second-order valence-corrected chi connectivity index (χ2v) is 3.91. The van der Waals surface area contributed by atoms with Crippen LogP contribution in [0.4, 0.5) is 0 Å². The van der Waals surface area contributed by atoms with Crippen LogP contribution >= 0.6 is 0 Å². The molecule has 0 aromatic carbocycles. The van der Waals surface area contributed by atoms with E-state index in [0.717, 1.165) is 6.54 Å². The molecule has 13 heavy (non-hydrogen) atoms. The molecule has 0 radical (unpaired) electrons. The van der Waals surface area contributed by atoms with Crippen LogP contribution in [0.2, 0.25) is 0 Å². The van der Waals surface area contributed by atoms with Gasteiger partial charge in [0, 0.05) is 19.5 Å². The predicted octanol–water partition coefficient (Wildman–Crippen LogP) is 0.901. The van der Waals surface area contributed by atoms with Crippen LogP contribution < -0.4 is 10.6 Å². The summed E-state index contributed by atoms with van der Waals surface area (Å²) in [6.07, 6.45) is 4.45. The number of carbonyl (C=O) groups is 1. The Morgan fingerprint density at radius 3 is 2.92 bits per heavy atom. The van der Waals surface area contributed by atoms with Crippen LogP contribution in [0.3, 0.4) is 0 Å². The standard InChI is InChI=1S/C10H20N2O/c1-8(7-10(13)11-2)9-5-3-4-6-12-9/h8-9,12H,3-7H2,1-2H3,(H,11,13). The molecule has 3 heteroatoms. The lowest BCUT2D eigenvalue weighted by Crippen LogP contribution is -2.40. The molecule has 3 nitrogen and oxygen atoms in total. The van der Waals surface area contributed by atoms with Crippen molar-refractivity contribution in [1.82, 2.24) is 10.6 Å². The Morgan fingerprint density at radius 2 is 2.38 bits per heavy atom. The minimum Gasteiger partial charge on any atom is -0.359 e. The third-order valence-corrected chi connectivity index (χ3v) is 2.82. The average Bonchev–Trinajstić information content (AvgIpc) is 2.19. The highest BCUT2D eigenvalue weighted by atomic mass is 16.1. The Balaban J connectivity index is 2.28. The van der Waals surface area contributed by atoms with Gasteiger partial charge in [-0.15, -0.1) is 0 Å². The first-order valence-corrected chi connectivity index (χ1v) is 5.18. The number of rotatable bonds is 3. The van der Waals surface area contributed by atoms with Gasteiger partial charge in [-0.25, -0.2) is 0 Å². The SMILES string of the molecule is CNC(=O)CC(C)C1CCCCN1. The third kappa shape index (κ3) is 3.35. The maximum atomic E-state index is 11.1. The zero-order valence-electron chi connectivity index (χ0n) is 8.60. The van der Waals surface area contributed by atoms with Gasteiger partial charge >= 0.3 is 0 Å². The van der Waals surface area contributed by atoms with Crippen LogP contribution in [-0.4, -0.2) is 25.5 Å². The van der Waals surface area contributed by atoms with Crippen LogP contribution in [0.5, 0.6) is 0 Å². The molecule has 0 spiro atoms. The van der Waals surface area contributed by atoms with E-state index < -0.39 is 0 Å². The number of hydrogen-bond donors (Lipinski definition) is 2. The van der Waals surface area contributed by atoms with Crippen LogP contribution in [0.15, 0.2) is 0 Å². The summed E-state index contributed by atoms with van der Waals surface area (Å²) in [4.78, 5) is 11.1. The molecule has 2 N–H and O–H groups in total. The summed E-state index contributed by atoms with van der Waals surface area (Å²) in [6, 6.07) is 0.547. The Morgan fingerprint density at radius 1 is 1.62 bits per heavy atom. The molecule has 0 aliphatic carbocycles. The smallest absolute Gasteiger partial charge is 0.220 e. The molecular formula is C10H20N2O. The Kier molecular flexibility index (Phi) is 4.22. The Hall–Kier alpha value is -0.570. The van der Waals surface area contributed by atoms with Gasteiger partial charge in [-0.2, -0.15) is 0 Å². The van der Waals surface area contributed by atoms with Crippen molar-refractivity contribution in [1.29, 1.82) is 0 Å². The van der Waals surface area contributed by atoms with Crippen molar-refractivity contribution in [2.75, 3.05) is 13.6 Å². The summed E-state index contributed by atoms with van der Waals surface area (Å²) >= 11 is 0. The lowest BCUT2D eigenvalue weighted by molar-refractivity contribution is -0.121. The summed E-state index contributed by atoms with van der Waals surface area (Å²) in [5.74, 6) is 0.611. The highest BCUT2D eigenvalue weighted by Crippen LogP contribution is 2.17. The summed E-state index contributed by atoms with van der Waals surface area (Å²) in [5, 5.41) is 6.14. The summed E-state index contributed by atoms with van der Waals surface area (Å²) in [5.41, 5.74) is 0. The molecule has 2 unspecified atom stereocenters. The lowest BCUT2D eigenvalue weighted by atomic mass is 9.91. The monoisotopic (exact) mass is 184 g/mol. The number of hydrogen-bond acceptors (Lipinski definition) is 2. The van der Waals surface area contributed by atoms with E-state index in [1.54, 1.807) is 7.05 Å². The summed E-state index contributed by atoms with van der Waals surface area (Å²) < 4.78 is 0. The van der Waals surface area contributed by atoms with Crippen molar-refractivity contribution in [3.05, 3.63) is 0 Å². The second kappa shape index (κ2) is 5.22. The molecule has 2 atom stereocenters. The molecule has 0 bridgehead atoms. The average molecular weight is 184 g/mol. The van der Waals surface area contributed by atoms with E-state index in [-0.39, 0.29) is 5.91 Å². The van der Waals surface area contributed by atoms with Crippen LogP contribution in [0, 0.1) is 5.92 Å². The third-order valence-electron chi connectivity index (χ3n) is 2.82. The van der Waals surface area contributed by atoms with Gasteiger partial charge in [0.15, 0.2) is 0 Å². The zero-order chi connectivity index (χ0) is 9.68. The molecule has 1 heterocycles. The summed E-state index contributed by atoms with van der Waals surface area (Å²) in [7, 11) is 1.70. The first-order chi connectivity index (χ1) is 6.24. The molecule has 1 saturated heterocycles. The van der Waals surface area contributed by atoms with E-state index >= 15 is 0 Å². The molecular weight excluding hydrogens is 164 g/mol. The normalized spacial score (nSPS) is 25.2. The van der Waals surface area contributed by atoms with E-state index in [2.05, 4.69) is 17.6 Å². The van der Waals surface area contributed by atoms with Gasteiger partial charge in [0.25, 0.3) is 0 Å². The first-order valence-electron chi connectivity index (χ1n) is 5.18. The van der Waals surface area contributed by atoms with Crippen LogP contribution in [-0.2, 0) is 4.79 Å². The molecule has 1 amide bonds. The number of nitrogens with one attached hydrogen (secondary N) is 2. The van der Waals surface area contributed by atoms with Gasteiger partial charge in [-0.1, -0.05) is 13.3 Å². The van der Waals surface area contributed by atoms with Gasteiger partial charge in [-0.3, -0.25) is 4.79 Å². The lowest BCUT2D eigenvalue weighted by Gasteiger charge is -2.28. The Bertz CT molecular complexity index is 164. The fourth-order valence-corrected chi connectivity index (χ4v) is 1.90. The van der Waals surface area contributed by atoms with E-state index in [1.807, 2.05) is 0 Å². The fourth-order valence-electron chi connectivity index (χ4n) is 1.90. The van der Waals surface area contributed by atoms with E-state index in [1.165, 1.54) is 19.3 Å². The number of piperidine rings is 1. The molecule has 0 saturated carbocycles. The van der Waals surface area contributed by atoms with Gasteiger partial charge in [0.2, 0.25) is 5.91 Å². The van der Waals surface area contributed by atoms with E-state index in [9.17, 15) is 4.79 Å². The molecule has 0 aromatic rings. The highest BCUT2D eigenvalue weighted by Gasteiger charge is 2.20. The van der Waals surface area contributed by atoms with E-state index in [0.29, 0.717) is 18.4 Å². The van der Waals surface area contributed by atoms with Gasteiger partial charge in [0.1, 0.15) is 0 Å². The van der Waals surface area contributed by atoms with Gasteiger partial charge in [-0.05, 0) is 25.3 Å². The van der Waals surface area contributed by atoms with Crippen molar-refractivity contribution in [3.63, 3.8) is 0 Å². The fraction of sp³-hybridized carbons (Fsp3) is 0.900. The predicted molar refractivity (Wildman–Crippen MR) is 53.5 cm³/mol. The van der Waals surface area contributed by atoms with Crippen molar-refractivity contribution in [2.24, 2.45) is 5.92 Å². The number of carbonyl (C=O) groups excluding carboxylic acids is 1. The zero-order valence-corrected chi connectivity index (χ0v) is 8.60. The molecule has 1 fully saturated rings.